The van der Waals surface area contributed by atoms with Crippen molar-refractivity contribution in [1.82, 2.24) is 0 Å². The highest BCUT2D eigenvalue weighted by molar-refractivity contribution is 5.33. The molecule has 0 saturated heterocycles. The molecular weight excluding hydrogens is 159 g/mol. The van der Waals surface area contributed by atoms with Crippen molar-refractivity contribution in [3.05, 3.63) is 40.1 Å². The summed E-state index contributed by atoms with van der Waals surface area (Å²) >= 11 is 0. The van der Waals surface area contributed by atoms with Gasteiger partial charge in [0.15, 0.2) is 0 Å². The zero-order valence-corrected chi connectivity index (χ0v) is 6.12. The van der Waals surface area contributed by atoms with E-state index in [0.29, 0.717) is 5.56 Å². The Morgan fingerprint density at radius 3 is 2.92 bits per heavy atom. The Morgan fingerprint density at radius 2 is 2.33 bits per heavy atom. The predicted octanol–water partition coefficient (Wildman–Crippen LogP) is 1.96. The van der Waals surface area contributed by atoms with Crippen LogP contribution in [-0.4, -0.2) is 0 Å². The van der Waals surface area contributed by atoms with Crippen molar-refractivity contribution in [2.45, 2.75) is 6.54 Å². The van der Waals surface area contributed by atoms with Gasteiger partial charge < -0.3 is 0 Å². The van der Waals surface area contributed by atoms with E-state index in [1.807, 2.05) is 6.07 Å². The molecule has 1 rings (SSSR count). The number of benzene rings is 1. The normalized spacial score (nSPS) is 9.00. The second kappa shape index (κ2) is 3.58. The fourth-order valence-electron chi connectivity index (χ4n) is 0.835. The molecule has 60 valence electrons. The van der Waals surface area contributed by atoms with Crippen LogP contribution < -0.4 is 0 Å². The molecule has 0 saturated carbocycles. The van der Waals surface area contributed by atoms with E-state index in [2.05, 4.69) is 5.18 Å². The van der Waals surface area contributed by atoms with E-state index in [0.717, 1.165) is 6.07 Å². The smallest absolute Gasteiger partial charge is 0.128 e. The second-order valence-corrected chi connectivity index (χ2v) is 2.21. The van der Waals surface area contributed by atoms with Crippen molar-refractivity contribution < 1.29 is 4.39 Å². The molecule has 0 aliphatic heterocycles. The zero-order chi connectivity index (χ0) is 8.97. The summed E-state index contributed by atoms with van der Waals surface area (Å²) in [4.78, 5) is 9.83. The van der Waals surface area contributed by atoms with Crippen LogP contribution in [0.1, 0.15) is 11.1 Å². The Morgan fingerprint density at radius 1 is 1.58 bits per heavy atom. The van der Waals surface area contributed by atoms with Crippen molar-refractivity contribution in [1.29, 1.82) is 5.26 Å². The van der Waals surface area contributed by atoms with Gasteiger partial charge in [-0.3, -0.25) is 0 Å². The van der Waals surface area contributed by atoms with Gasteiger partial charge in [0.05, 0.1) is 11.6 Å². The fourth-order valence-corrected chi connectivity index (χ4v) is 0.835. The lowest BCUT2D eigenvalue weighted by Gasteiger charge is -1.96. The summed E-state index contributed by atoms with van der Waals surface area (Å²) < 4.78 is 12.8. The molecule has 0 radical (unpaired) electrons. The number of rotatable bonds is 2. The highest BCUT2D eigenvalue weighted by Gasteiger charge is 2.02. The molecule has 0 aromatic heterocycles. The molecule has 0 N–H and O–H groups in total. The second-order valence-electron chi connectivity index (χ2n) is 2.21. The Hall–Kier alpha value is -1.76. The minimum atomic E-state index is -0.506. The molecule has 3 nitrogen and oxygen atoms in total. The molecule has 0 atom stereocenters. The summed E-state index contributed by atoms with van der Waals surface area (Å²) in [6.45, 7) is -0.235. The minimum absolute atomic E-state index is 0.157. The van der Waals surface area contributed by atoms with Crippen molar-refractivity contribution in [2.24, 2.45) is 5.18 Å². The Bertz CT molecular complexity index is 343. The first-order chi connectivity index (χ1) is 5.77. The molecule has 0 spiro atoms. The van der Waals surface area contributed by atoms with Crippen LogP contribution in [0.4, 0.5) is 4.39 Å². The van der Waals surface area contributed by atoms with Gasteiger partial charge in [0.25, 0.3) is 0 Å². The first-order valence-electron chi connectivity index (χ1n) is 3.25. The van der Waals surface area contributed by atoms with Gasteiger partial charge in [0, 0.05) is 5.56 Å². The van der Waals surface area contributed by atoms with Gasteiger partial charge in [-0.1, -0.05) is 5.18 Å². The van der Waals surface area contributed by atoms with Crippen LogP contribution in [0, 0.1) is 22.1 Å². The summed E-state index contributed by atoms with van der Waals surface area (Å²) in [6.07, 6.45) is 0. The molecule has 1 aromatic rings. The maximum Gasteiger partial charge on any atom is 0.128 e. The van der Waals surface area contributed by atoms with Gasteiger partial charge in [0.1, 0.15) is 12.4 Å². The van der Waals surface area contributed by atoms with E-state index < -0.39 is 5.82 Å². The maximum atomic E-state index is 12.8. The molecule has 1 aromatic carbocycles. The van der Waals surface area contributed by atoms with Crippen LogP contribution in [-0.2, 0) is 6.54 Å². The third-order valence-electron chi connectivity index (χ3n) is 1.41. The summed E-state index contributed by atoms with van der Waals surface area (Å²) in [5.74, 6) is -0.506. The average Bonchev–Trinajstić information content (AvgIpc) is 2.09. The SMILES string of the molecule is N#Cc1ccc(F)c(CN=O)c1. The van der Waals surface area contributed by atoms with Gasteiger partial charge in [-0.25, -0.2) is 4.39 Å². The molecule has 0 amide bonds. The molecule has 0 bridgehead atoms. The van der Waals surface area contributed by atoms with Crippen LogP contribution >= 0.6 is 0 Å². The monoisotopic (exact) mass is 164 g/mol. The molecular formula is C8H5FN2O. The van der Waals surface area contributed by atoms with Crippen molar-refractivity contribution in [3.63, 3.8) is 0 Å². The van der Waals surface area contributed by atoms with Gasteiger partial charge in [-0.2, -0.15) is 10.2 Å². The van der Waals surface area contributed by atoms with E-state index in [4.69, 9.17) is 5.26 Å². The van der Waals surface area contributed by atoms with Crippen LogP contribution in [0.2, 0.25) is 0 Å². The molecule has 0 unspecified atom stereocenters. The molecule has 0 fully saturated rings. The molecule has 0 heterocycles. The van der Waals surface area contributed by atoms with Crippen molar-refractivity contribution >= 4 is 0 Å². The van der Waals surface area contributed by atoms with Crippen LogP contribution in [0.5, 0.6) is 0 Å². The number of nitroso groups, excluding NO2 is 1. The lowest BCUT2D eigenvalue weighted by Crippen LogP contribution is -1.88. The third kappa shape index (κ3) is 1.64. The minimum Gasteiger partial charge on any atom is -0.207 e. The number of hydrogen-bond donors (Lipinski definition) is 0. The summed E-state index contributed by atoms with van der Waals surface area (Å²) in [6, 6.07) is 5.66. The molecule has 12 heavy (non-hydrogen) atoms. The highest BCUT2D eigenvalue weighted by Crippen LogP contribution is 2.10. The lowest BCUT2D eigenvalue weighted by atomic mass is 10.1. The first-order valence-corrected chi connectivity index (χ1v) is 3.25. The topological polar surface area (TPSA) is 53.2 Å². The van der Waals surface area contributed by atoms with E-state index in [-0.39, 0.29) is 12.1 Å². The predicted molar refractivity (Wildman–Crippen MR) is 40.6 cm³/mol. The van der Waals surface area contributed by atoms with Gasteiger partial charge in [-0.05, 0) is 18.2 Å². The Balaban J connectivity index is 3.09. The number of nitriles is 1. The third-order valence-corrected chi connectivity index (χ3v) is 1.41. The zero-order valence-electron chi connectivity index (χ0n) is 6.12. The van der Waals surface area contributed by atoms with Crippen LogP contribution in [0.15, 0.2) is 23.4 Å². The number of hydrogen-bond acceptors (Lipinski definition) is 3. The van der Waals surface area contributed by atoms with E-state index in [1.165, 1.54) is 12.1 Å². The van der Waals surface area contributed by atoms with Crippen LogP contribution in [0.25, 0.3) is 0 Å². The fraction of sp³-hybridized carbons (Fsp3) is 0.125. The summed E-state index contributed by atoms with van der Waals surface area (Å²) in [7, 11) is 0. The van der Waals surface area contributed by atoms with Crippen LogP contribution in [0.3, 0.4) is 0 Å². The average molecular weight is 164 g/mol. The summed E-state index contributed by atoms with van der Waals surface area (Å²) in [5.41, 5.74) is 0.485. The quantitative estimate of drug-likeness (QED) is 0.627. The van der Waals surface area contributed by atoms with Crippen molar-refractivity contribution in [2.75, 3.05) is 0 Å². The molecule has 0 aliphatic carbocycles. The molecule has 4 heteroatoms. The standard InChI is InChI=1S/C8H5FN2O/c9-8-2-1-6(4-10)3-7(8)5-11-12/h1-3H,5H2. The largest absolute Gasteiger partial charge is 0.207 e. The Kier molecular flexibility index (Phi) is 2.49. The van der Waals surface area contributed by atoms with E-state index in [9.17, 15) is 9.30 Å². The maximum absolute atomic E-state index is 12.8. The van der Waals surface area contributed by atoms with Crippen molar-refractivity contribution in [3.8, 4) is 6.07 Å². The lowest BCUT2D eigenvalue weighted by molar-refractivity contribution is 0.610. The first kappa shape index (κ1) is 8.34. The van der Waals surface area contributed by atoms with E-state index >= 15 is 0 Å². The van der Waals surface area contributed by atoms with Gasteiger partial charge in [-0.15, -0.1) is 0 Å². The highest BCUT2D eigenvalue weighted by atomic mass is 19.1. The molecule has 0 aliphatic rings. The number of halogens is 1. The number of nitrogens with zero attached hydrogens (tertiary/aromatic N) is 2. The Labute approximate surface area is 68.4 Å². The van der Waals surface area contributed by atoms with Gasteiger partial charge in [0.2, 0.25) is 0 Å². The van der Waals surface area contributed by atoms with E-state index in [1.54, 1.807) is 0 Å². The summed E-state index contributed by atoms with van der Waals surface area (Å²) in [5, 5.41) is 11.0. The van der Waals surface area contributed by atoms with Gasteiger partial charge >= 0.3 is 0 Å².